The Morgan fingerprint density at radius 1 is 1.29 bits per heavy atom. The third-order valence-electron chi connectivity index (χ3n) is 2.53. The topological polar surface area (TPSA) is 37.5 Å². The van der Waals surface area contributed by atoms with Crippen LogP contribution in [-0.4, -0.2) is 15.9 Å². The van der Waals surface area contributed by atoms with Crippen LogP contribution in [-0.2, 0) is 0 Å². The van der Waals surface area contributed by atoms with Gasteiger partial charge in [0, 0.05) is 36.3 Å². The maximum absolute atomic E-state index is 9.31. The van der Waals surface area contributed by atoms with Gasteiger partial charge in [-0.15, -0.1) is 0 Å². The van der Waals surface area contributed by atoms with Crippen molar-refractivity contribution in [3.63, 3.8) is 0 Å². The maximum atomic E-state index is 9.31. The Morgan fingerprint density at radius 2 is 2.12 bits per heavy atom. The van der Waals surface area contributed by atoms with Crippen molar-refractivity contribution in [2.45, 2.75) is 19.9 Å². The molecule has 0 aliphatic rings. The first kappa shape index (κ1) is 11.5. The van der Waals surface area contributed by atoms with E-state index in [4.69, 9.17) is 0 Å². The van der Waals surface area contributed by atoms with E-state index >= 15 is 0 Å². The van der Waals surface area contributed by atoms with Crippen LogP contribution in [0.5, 0.6) is 5.75 Å². The number of nitrogens with zero attached hydrogens (tertiary/aromatic N) is 2. The first-order valence-electron chi connectivity index (χ1n) is 5.66. The average Bonchev–Trinajstić information content (AvgIpc) is 2.75. The summed E-state index contributed by atoms with van der Waals surface area (Å²) in [5, 5.41) is 9.31. The predicted molar refractivity (Wildman–Crippen MR) is 70.2 cm³/mol. The lowest BCUT2D eigenvalue weighted by Crippen LogP contribution is -1.95. The van der Waals surface area contributed by atoms with Gasteiger partial charge in [0.25, 0.3) is 0 Å². The summed E-state index contributed by atoms with van der Waals surface area (Å²) in [5.74, 6) is 0.236. The SMILES string of the molecule is CC(C)n1ccc(C=Nc2cccc(O)c2)c1. The number of benzene rings is 1. The number of hydrogen-bond acceptors (Lipinski definition) is 2. The molecule has 1 aromatic carbocycles. The fourth-order valence-electron chi connectivity index (χ4n) is 1.55. The Bertz CT molecular complexity index is 527. The van der Waals surface area contributed by atoms with Crippen molar-refractivity contribution < 1.29 is 5.11 Å². The highest BCUT2D eigenvalue weighted by Crippen LogP contribution is 2.18. The first-order chi connectivity index (χ1) is 8.15. The third kappa shape index (κ3) is 2.97. The van der Waals surface area contributed by atoms with Crippen LogP contribution in [0.3, 0.4) is 0 Å². The van der Waals surface area contributed by atoms with Gasteiger partial charge in [0.15, 0.2) is 0 Å². The molecule has 3 nitrogen and oxygen atoms in total. The molecule has 0 unspecified atom stereocenters. The summed E-state index contributed by atoms with van der Waals surface area (Å²) in [5.41, 5.74) is 1.81. The molecule has 0 bridgehead atoms. The van der Waals surface area contributed by atoms with Crippen LogP contribution in [0.2, 0.25) is 0 Å². The summed E-state index contributed by atoms with van der Waals surface area (Å²) in [6.07, 6.45) is 5.89. The van der Waals surface area contributed by atoms with E-state index in [1.807, 2.05) is 18.3 Å². The van der Waals surface area contributed by atoms with Gasteiger partial charge in [-0.2, -0.15) is 0 Å². The molecule has 2 rings (SSSR count). The van der Waals surface area contributed by atoms with Crippen LogP contribution >= 0.6 is 0 Å². The zero-order valence-corrected chi connectivity index (χ0v) is 10.0. The number of aromatic hydroxyl groups is 1. The van der Waals surface area contributed by atoms with Crippen LogP contribution in [0.1, 0.15) is 25.5 Å². The smallest absolute Gasteiger partial charge is 0.117 e. The molecule has 0 saturated carbocycles. The lowest BCUT2D eigenvalue weighted by atomic mass is 10.3. The molecule has 0 saturated heterocycles. The van der Waals surface area contributed by atoms with Gasteiger partial charge in [-0.25, -0.2) is 0 Å². The molecule has 2 aromatic rings. The quantitative estimate of drug-likeness (QED) is 0.802. The number of aliphatic imine (C=N–C) groups is 1. The van der Waals surface area contributed by atoms with Gasteiger partial charge < -0.3 is 9.67 Å². The van der Waals surface area contributed by atoms with Crippen molar-refractivity contribution in [1.29, 1.82) is 0 Å². The summed E-state index contributed by atoms with van der Waals surface area (Å²) in [7, 11) is 0. The van der Waals surface area contributed by atoms with E-state index in [9.17, 15) is 5.11 Å². The van der Waals surface area contributed by atoms with Crippen molar-refractivity contribution in [3.8, 4) is 5.75 Å². The normalized spacial score (nSPS) is 11.5. The second-order valence-corrected chi connectivity index (χ2v) is 4.26. The molecule has 1 N–H and O–H groups in total. The number of aromatic nitrogens is 1. The van der Waals surface area contributed by atoms with Crippen molar-refractivity contribution in [2.75, 3.05) is 0 Å². The Balaban J connectivity index is 2.14. The van der Waals surface area contributed by atoms with Gasteiger partial charge >= 0.3 is 0 Å². The van der Waals surface area contributed by atoms with Crippen LogP contribution in [0, 0.1) is 0 Å². The van der Waals surface area contributed by atoms with E-state index in [1.165, 1.54) is 0 Å². The Labute approximate surface area is 101 Å². The Morgan fingerprint density at radius 3 is 2.76 bits per heavy atom. The fourth-order valence-corrected chi connectivity index (χ4v) is 1.55. The highest BCUT2D eigenvalue weighted by atomic mass is 16.3. The molecule has 0 spiro atoms. The van der Waals surface area contributed by atoms with Gasteiger partial charge in [0.05, 0.1) is 5.69 Å². The van der Waals surface area contributed by atoms with Crippen LogP contribution in [0.15, 0.2) is 47.7 Å². The lowest BCUT2D eigenvalue weighted by molar-refractivity contribution is 0.475. The van der Waals surface area contributed by atoms with E-state index in [0.29, 0.717) is 6.04 Å². The van der Waals surface area contributed by atoms with E-state index in [1.54, 1.807) is 24.4 Å². The predicted octanol–water partition coefficient (Wildman–Crippen LogP) is 3.53. The molecule has 0 amide bonds. The number of phenols is 1. The molecule has 0 aliphatic heterocycles. The van der Waals surface area contributed by atoms with E-state index in [0.717, 1.165) is 11.3 Å². The maximum Gasteiger partial charge on any atom is 0.117 e. The zero-order valence-electron chi connectivity index (χ0n) is 10.0. The highest BCUT2D eigenvalue weighted by molar-refractivity contribution is 5.81. The van der Waals surface area contributed by atoms with Crippen molar-refractivity contribution in [3.05, 3.63) is 48.3 Å². The number of rotatable bonds is 3. The van der Waals surface area contributed by atoms with Crippen molar-refractivity contribution in [2.24, 2.45) is 4.99 Å². The van der Waals surface area contributed by atoms with E-state index in [2.05, 4.69) is 29.6 Å². The zero-order chi connectivity index (χ0) is 12.3. The van der Waals surface area contributed by atoms with Crippen LogP contribution < -0.4 is 0 Å². The molecule has 88 valence electrons. The second kappa shape index (κ2) is 4.87. The minimum Gasteiger partial charge on any atom is -0.508 e. The summed E-state index contributed by atoms with van der Waals surface area (Å²) in [4.78, 5) is 4.31. The van der Waals surface area contributed by atoms with Crippen molar-refractivity contribution in [1.82, 2.24) is 4.57 Å². The molecule has 0 atom stereocenters. The molecule has 1 heterocycles. The monoisotopic (exact) mass is 228 g/mol. The van der Waals surface area contributed by atoms with Crippen LogP contribution in [0.4, 0.5) is 5.69 Å². The van der Waals surface area contributed by atoms with Gasteiger partial charge in [-0.05, 0) is 32.0 Å². The third-order valence-corrected chi connectivity index (χ3v) is 2.53. The summed E-state index contributed by atoms with van der Waals surface area (Å²) < 4.78 is 2.13. The molecule has 1 aromatic heterocycles. The van der Waals surface area contributed by atoms with E-state index in [-0.39, 0.29) is 5.75 Å². The number of hydrogen-bond donors (Lipinski definition) is 1. The summed E-state index contributed by atoms with van der Waals surface area (Å²) >= 11 is 0. The number of phenolic OH excluding ortho intramolecular Hbond substituents is 1. The highest BCUT2D eigenvalue weighted by Gasteiger charge is 1.97. The fraction of sp³-hybridized carbons (Fsp3) is 0.214. The lowest BCUT2D eigenvalue weighted by Gasteiger charge is -2.04. The average molecular weight is 228 g/mol. The van der Waals surface area contributed by atoms with Gasteiger partial charge in [0.1, 0.15) is 5.75 Å². The summed E-state index contributed by atoms with van der Waals surface area (Å²) in [6, 6.07) is 9.38. The minimum atomic E-state index is 0.236. The van der Waals surface area contributed by atoms with Gasteiger partial charge in [-0.1, -0.05) is 6.07 Å². The first-order valence-corrected chi connectivity index (χ1v) is 5.66. The molecule has 17 heavy (non-hydrogen) atoms. The van der Waals surface area contributed by atoms with Crippen molar-refractivity contribution >= 4 is 11.9 Å². The molecular formula is C14H16N2O. The molecule has 0 fully saturated rings. The largest absolute Gasteiger partial charge is 0.508 e. The van der Waals surface area contributed by atoms with Gasteiger partial charge in [-0.3, -0.25) is 4.99 Å². The molecule has 0 aliphatic carbocycles. The molecule has 3 heteroatoms. The van der Waals surface area contributed by atoms with Crippen LogP contribution in [0.25, 0.3) is 0 Å². The molecular weight excluding hydrogens is 212 g/mol. The molecule has 0 radical (unpaired) electrons. The Hall–Kier alpha value is -2.03. The summed E-state index contributed by atoms with van der Waals surface area (Å²) in [6.45, 7) is 4.27. The standard InChI is InChI=1S/C14H16N2O/c1-11(2)16-7-6-12(10-16)9-15-13-4-3-5-14(17)8-13/h3-11,17H,1-2H3. The van der Waals surface area contributed by atoms with E-state index < -0.39 is 0 Å². The second-order valence-electron chi connectivity index (χ2n) is 4.26. The minimum absolute atomic E-state index is 0.236. The van der Waals surface area contributed by atoms with Gasteiger partial charge in [0.2, 0.25) is 0 Å². The Kier molecular flexibility index (Phi) is 3.28.